The number of aryl methyl sites for hydroxylation is 2. The number of aromatic nitrogens is 1. The van der Waals surface area contributed by atoms with E-state index in [0.29, 0.717) is 16.6 Å². The smallest absolute Gasteiger partial charge is 0.246 e. The molecule has 0 fully saturated rings. The second-order valence-electron chi connectivity index (χ2n) is 6.13. The monoisotopic (exact) mass is 387 g/mol. The van der Waals surface area contributed by atoms with Crippen LogP contribution in [0, 0.1) is 13.8 Å². The summed E-state index contributed by atoms with van der Waals surface area (Å²) in [7, 11) is 3.12. The highest BCUT2D eigenvalue weighted by atomic mass is 32.1. The number of carbonyl (C=O) groups excluding carboxylic acids is 2. The number of hydrogen-bond acceptors (Lipinski definition) is 6. The zero-order chi connectivity index (χ0) is 19.6. The molecule has 0 aliphatic carbocycles. The van der Waals surface area contributed by atoms with Crippen molar-refractivity contribution in [3.63, 3.8) is 0 Å². The molecular weight excluding hydrogens is 366 g/mol. The highest BCUT2D eigenvalue weighted by Crippen LogP contribution is 2.32. The SMILES string of the molecule is COc1cc2c(cc1OC)CC(=O)N(CC(=O)Nc1nc(C)c(C)s1)C=C2. The van der Waals surface area contributed by atoms with Gasteiger partial charge in [0, 0.05) is 11.1 Å². The predicted molar refractivity (Wildman–Crippen MR) is 104 cm³/mol. The summed E-state index contributed by atoms with van der Waals surface area (Å²) in [5.41, 5.74) is 2.57. The Hall–Kier alpha value is -2.87. The molecule has 1 aromatic heterocycles. The molecule has 0 spiro atoms. The van der Waals surface area contributed by atoms with Crippen molar-refractivity contribution in [1.82, 2.24) is 9.88 Å². The number of benzene rings is 1. The lowest BCUT2D eigenvalue weighted by molar-refractivity contribution is -0.131. The second kappa shape index (κ2) is 7.79. The van der Waals surface area contributed by atoms with Gasteiger partial charge in [-0.15, -0.1) is 11.3 Å². The lowest BCUT2D eigenvalue weighted by Gasteiger charge is -2.16. The van der Waals surface area contributed by atoms with Crippen LogP contribution in [-0.2, 0) is 16.0 Å². The Labute approximate surface area is 161 Å². The van der Waals surface area contributed by atoms with E-state index in [1.54, 1.807) is 32.6 Å². The molecule has 142 valence electrons. The first kappa shape index (κ1) is 18.9. The van der Waals surface area contributed by atoms with Gasteiger partial charge in [-0.2, -0.15) is 0 Å². The molecule has 0 unspecified atom stereocenters. The molecule has 0 saturated heterocycles. The van der Waals surface area contributed by atoms with E-state index in [0.717, 1.165) is 21.7 Å². The van der Waals surface area contributed by atoms with Crippen LogP contribution in [0.15, 0.2) is 18.3 Å². The molecule has 7 nitrogen and oxygen atoms in total. The van der Waals surface area contributed by atoms with Crippen LogP contribution >= 0.6 is 11.3 Å². The number of nitrogens with one attached hydrogen (secondary N) is 1. The summed E-state index contributed by atoms with van der Waals surface area (Å²) in [4.78, 5) is 31.7. The van der Waals surface area contributed by atoms with Gasteiger partial charge in [0.05, 0.1) is 26.3 Å². The predicted octanol–water partition coefficient (Wildman–Crippen LogP) is 2.77. The Balaban J connectivity index is 1.74. The van der Waals surface area contributed by atoms with E-state index in [9.17, 15) is 9.59 Å². The largest absolute Gasteiger partial charge is 0.493 e. The van der Waals surface area contributed by atoms with Gasteiger partial charge in [0.2, 0.25) is 11.8 Å². The molecule has 8 heteroatoms. The number of anilines is 1. The van der Waals surface area contributed by atoms with Crippen molar-refractivity contribution >= 4 is 34.4 Å². The molecule has 27 heavy (non-hydrogen) atoms. The van der Waals surface area contributed by atoms with Crippen LogP contribution in [0.1, 0.15) is 21.7 Å². The zero-order valence-corrected chi connectivity index (χ0v) is 16.5. The molecule has 1 aromatic carbocycles. The van der Waals surface area contributed by atoms with E-state index in [2.05, 4.69) is 10.3 Å². The number of fused-ring (bicyclic) bond motifs is 1. The summed E-state index contributed by atoms with van der Waals surface area (Å²) in [5, 5.41) is 3.29. The quantitative estimate of drug-likeness (QED) is 0.853. The number of carbonyl (C=O) groups is 2. The minimum Gasteiger partial charge on any atom is -0.493 e. The van der Waals surface area contributed by atoms with Crippen molar-refractivity contribution in [2.75, 3.05) is 26.1 Å². The number of thiazole rings is 1. The average Bonchev–Trinajstić information content (AvgIpc) is 2.86. The molecule has 1 aliphatic rings. The van der Waals surface area contributed by atoms with Crippen molar-refractivity contribution in [3.8, 4) is 11.5 Å². The van der Waals surface area contributed by atoms with Gasteiger partial charge >= 0.3 is 0 Å². The topological polar surface area (TPSA) is 80.8 Å². The first-order valence-electron chi connectivity index (χ1n) is 8.37. The molecule has 0 radical (unpaired) electrons. The van der Waals surface area contributed by atoms with Crippen LogP contribution < -0.4 is 14.8 Å². The molecule has 2 aromatic rings. The summed E-state index contributed by atoms with van der Waals surface area (Å²) in [6.07, 6.45) is 3.59. The number of hydrogen-bond donors (Lipinski definition) is 1. The standard InChI is InChI=1S/C19H21N3O4S/c1-11-12(2)27-19(20-11)21-17(23)10-22-6-5-13-7-15(25-3)16(26-4)8-14(13)9-18(22)24/h5-8H,9-10H2,1-4H3,(H,20,21,23). The van der Waals surface area contributed by atoms with E-state index in [1.807, 2.05) is 19.9 Å². The molecular formula is C19H21N3O4S. The molecule has 3 rings (SSSR count). The summed E-state index contributed by atoms with van der Waals surface area (Å²) in [6, 6.07) is 3.61. The highest BCUT2D eigenvalue weighted by Gasteiger charge is 2.21. The van der Waals surface area contributed by atoms with Gasteiger partial charge in [0.25, 0.3) is 0 Å². The normalized spacial score (nSPS) is 13.2. The van der Waals surface area contributed by atoms with E-state index in [1.165, 1.54) is 16.2 Å². The van der Waals surface area contributed by atoms with Crippen LogP contribution in [0.3, 0.4) is 0 Å². The number of amides is 2. The van der Waals surface area contributed by atoms with Gasteiger partial charge in [-0.1, -0.05) is 0 Å². The molecule has 0 bridgehead atoms. The van der Waals surface area contributed by atoms with E-state index >= 15 is 0 Å². The van der Waals surface area contributed by atoms with E-state index < -0.39 is 0 Å². The van der Waals surface area contributed by atoms with E-state index in [-0.39, 0.29) is 24.8 Å². The molecule has 0 saturated carbocycles. The maximum atomic E-state index is 12.6. The summed E-state index contributed by atoms with van der Waals surface area (Å²) in [5.74, 6) is 0.703. The van der Waals surface area contributed by atoms with Gasteiger partial charge in [-0.3, -0.25) is 9.59 Å². The first-order chi connectivity index (χ1) is 12.9. The first-order valence-corrected chi connectivity index (χ1v) is 9.19. The van der Waals surface area contributed by atoms with Gasteiger partial charge < -0.3 is 19.7 Å². The maximum Gasteiger partial charge on any atom is 0.246 e. The molecule has 1 aliphatic heterocycles. The number of ether oxygens (including phenoxy) is 2. The van der Waals surface area contributed by atoms with Gasteiger partial charge in [0.1, 0.15) is 6.54 Å². The summed E-state index contributed by atoms with van der Waals surface area (Å²) < 4.78 is 10.6. The lowest BCUT2D eigenvalue weighted by atomic mass is 10.0. The molecule has 2 heterocycles. The molecule has 2 amide bonds. The second-order valence-corrected chi connectivity index (χ2v) is 7.33. The van der Waals surface area contributed by atoms with Crippen molar-refractivity contribution in [2.45, 2.75) is 20.3 Å². The van der Waals surface area contributed by atoms with Crippen LogP contribution in [-0.4, -0.2) is 42.5 Å². The Bertz CT molecular complexity index is 900. The van der Waals surface area contributed by atoms with Gasteiger partial charge in [-0.05, 0) is 43.2 Å². The van der Waals surface area contributed by atoms with Gasteiger partial charge in [-0.25, -0.2) is 4.98 Å². The van der Waals surface area contributed by atoms with Crippen molar-refractivity contribution in [1.29, 1.82) is 0 Å². The fourth-order valence-corrected chi connectivity index (χ4v) is 3.57. The third-order valence-corrected chi connectivity index (χ3v) is 5.32. The number of methoxy groups -OCH3 is 2. The summed E-state index contributed by atoms with van der Waals surface area (Å²) in [6.45, 7) is 3.76. The van der Waals surface area contributed by atoms with Crippen LogP contribution in [0.4, 0.5) is 5.13 Å². The van der Waals surface area contributed by atoms with Crippen LogP contribution in [0.5, 0.6) is 11.5 Å². The Kier molecular flexibility index (Phi) is 5.46. The third-order valence-electron chi connectivity index (χ3n) is 4.33. The Morgan fingerprint density at radius 1 is 1.26 bits per heavy atom. The number of nitrogens with zero attached hydrogens (tertiary/aromatic N) is 2. The van der Waals surface area contributed by atoms with Crippen molar-refractivity contribution in [2.24, 2.45) is 0 Å². The fourth-order valence-electron chi connectivity index (χ4n) is 2.74. The third kappa shape index (κ3) is 4.11. The highest BCUT2D eigenvalue weighted by molar-refractivity contribution is 7.15. The molecule has 1 N–H and O–H groups in total. The van der Waals surface area contributed by atoms with Crippen LogP contribution in [0.25, 0.3) is 6.08 Å². The average molecular weight is 387 g/mol. The van der Waals surface area contributed by atoms with Crippen molar-refractivity contribution < 1.29 is 19.1 Å². The number of rotatable bonds is 5. The summed E-state index contributed by atoms with van der Waals surface area (Å²) >= 11 is 1.42. The lowest BCUT2D eigenvalue weighted by Crippen LogP contribution is -2.34. The zero-order valence-electron chi connectivity index (χ0n) is 15.7. The Morgan fingerprint density at radius 3 is 2.59 bits per heavy atom. The Morgan fingerprint density at radius 2 is 1.96 bits per heavy atom. The van der Waals surface area contributed by atoms with Crippen LogP contribution in [0.2, 0.25) is 0 Å². The molecule has 0 atom stereocenters. The van der Waals surface area contributed by atoms with E-state index in [4.69, 9.17) is 9.47 Å². The van der Waals surface area contributed by atoms with Gasteiger partial charge in [0.15, 0.2) is 16.6 Å². The maximum absolute atomic E-state index is 12.6. The fraction of sp³-hybridized carbons (Fsp3) is 0.316. The van der Waals surface area contributed by atoms with Crippen molar-refractivity contribution in [3.05, 3.63) is 40.0 Å². The minimum atomic E-state index is -0.289. The minimum absolute atomic E-state index is 0.0741.